The predicted octanol–water partition coefficient (Wildman–Crippen LogP) is 1.92. The molecule has 2 heterocycles. The van der Waals surface area contributed by atoms with Crippen molar-refractivity contribution in [2.75, 3.05) is 30.6 Å². The molecule has 162 valence electrons. The Kier molecular flexibility index (Phi) is 7.37. The molecule has 0 saturated carbocycles. The molecule has 2 aromatic heterocycles. The fourth-order valence-corrected chi connectivity index (χ4v) is 3.42. The Hall–Kier alpha value is -3.24. The van der Waals surface area contributed by atoms with Crippen LogP contribution >= 0.6 is 0 Å². The largest absolute Gasteiger partial charge is 0.609 e. The summed E-state index contributed by atoms with van der Waals surface area (Å²) in [5.41, 5.74) is 3.57. The van der Waals surface area contributed by atoms with E-state index in [0.29, 0.717) is 18.2 Å². The van der Waals surface area contributed by atoms with Crippen LogP contribution in [0.25, 0.3) is 0 Å². The molecular formula is C21H25N7O2S. The number of hydrogen-bond acceptors (Lipinski definition) is 8. The molecule has 1 atom stereocenters. The first-order valence-corrected chi connectivity index (χ1v) is 11.2. The van der Waals surface area contributed by atoms with Crippen molar-refractivity contribution >= 4 is 28.6 Å². The van der Waals surface area contributed by atoms with E-state index in [-0.39, 0.29) is 23.2 Å². The van der Waals surface area contributed by atoms with Gasteiger partial charge >= 0.3 is 5.16 Å². The standard InChI is InChI=1S/C21H25N7O2S/c1-14-10-15(6-7-17(14)28(2)3)11-24-19-16(12-26-21(27-19)31(4)30)20(29)25-13-18-22-8-5-9-23-18/h5-10,12H,11,13H2,1-4H3,(H,25,29)(H,24,26,27). The lowest BCUT2D eigenvalue weighted by Crippen LogP contribution is -2.26. The fraction of sp³-hybridized carbons (Fsp3) is 0.286. The van der Waals surface area contributed by atoms with Gasteiger partial charge in [0, 0.05) is 49.9 Å². The number of anilines is 2. The number of rotatable bonds is 8. The highest BCUT2D eigenvalue weighted by molar-refractivity contribution is 7.90. The first kappa shape index (κ1) is 22.4. The van der Waals surface area contributed by atoms with Crippen LogP contribution in [0, 0.1) is 6.92 Å². The molecule has 0 saturated heterocycles. The Bertz CT molecular complexity index is 1050. The van der Waals surface area contributed by atoms with Gasteiger partial charge in [0.05, 0.1) is 12.7 Å². The van der Waals surface area contributed by atoms with Crippen molar-refractivity contribution in [3.05, 3.63) is 65.4 Å². The van der Waals surface area contributed by atoms with Crippen molar-refractivity contribution < 1.29 is 9.35 Å². The normalized spacial score (nSPS) is 11.6. The Morgan fingerprint density at radius 1 is 1.16 bits per heavy atom. The van der Waals surface area contributed by atoms with Crippen LogP contribution in [0.15, 0.2) is 48.0 Å². The molecule has 9 nitrogen and oxygen atoms in total. The molecule has 0 radical (unpaired) electrons. The molecule has 1 amide bonds. The van der Waals surface area contributed by atoms with E-state index in [1.807, 2.05) is 33.2 Å². The van der Waals surface area contributed by atoms with Crippen molar-refractivity contribution in [1.82, 2.24) is 25.3 Å². The third kappa shape index (κ3) is 5.89. The van der Waals surface area contributed by atoms with Gasteiger partial charge in [-0.2, -0.15) is 9.97 Å². The van der Waals surface area contributed by atoms with Gasteiger partial charge < -0.3 is 20.1 Å². The molecule has 0 spiro atoms. The van der Waals surface area contributed by atoms with Gasteiger partial charge in [0.1, 0.15) is 23.5 Å². The molecule has 3 rings (SSSR count). The molecule has 0 aliphatic rings. The Morgan fingerprint density at radius 2 is 1.90 bits per heavy atom. The van der Waals surface area contributed by atoms with Crippen LogP contribution in [0.1, 0.15) is 27.3 Å². The molecule has 0 aliphatic heterocycles. The number of amides is 1. The predicted molar refractivity (Wildman–Crippen MR) is 120 cm³/mol. The maximum atomic E-state index is 12.7. The minimum absolute atomic E-state index is 0.157. The van der Waals surface area contributed by atoms with Crippen LogP contribution in [0.3, 0.4) is 0 Å². The highest BCUT2D eigenvalue weighted by Gasteiger charge is 2.19. The fourth-order valence-electron chi connectivity index (χ4n) is 3.00. The zero-order valence-electron chi connectivity index (χ0n) is 17.9. The smallest absolute Gasteiger partial charge is 0.344 e. The zero-order valence-corrected chi connectivity index (χ0v) is 18.7. The van der Waals surface area contributed by atoms with E-state index in [1.165, 1.54) is 12.5 Å². The van der Waals surface area contributed by atoms with E-state index in [0.717, 1.165) is 16.8 Å². The SMILES string of the molecule is Cc1cc(CNc2nc([S+](C)[O-])ncc2C(=O)NCc2ncccn2)ccc1N(C)C. The van der Waals surface area contributed by atoms with E-state index >= 15 is 0 Å². The molecule has 0 aliphatic carbocycles. The van der Waals surface area contributed by atoms with Crippen LogP contribution in [0.4, 0.5) is 11.5 Å². The molecule has 31 heavy (non-hydrogen) atoms. The summed E-state index contributed by atoms with van der Waals surface area (Å²) in [4.78, 5) is 31.3. The molecule has 3 aromatic rings. The number of aromatic nitrogens is 4. The number of hydrogen-bond donors (Lipinski definition) is 2. The third-order valence-corrected chi connectivity index (χ3v) is 5.21. The van der Waals surface area contributed by atoms with Crippen LogP contribution in [0.5, 0.6) is 0 Å². The summed E-state index contributed by atoms with van der Waals surface area (Å²) in [7, 11) is 4.00. The summed E-state index contributed by atoms with van der Waals surface area (Å²) in [6, 6.07) is 7.85. The van der Waals surface area contributed by atoms with Gasteiger partial charge in [-0.25, -0.2) is 9.97 Å². The second-order valence-electron chi connectivity index (χ2n) is 7.09. The van der Waals surface area contributed by atoms with Crippen LogP contribution in [-0.4, -0.2) is 50.7 Å². The van der Waals surface area contributed by atoms with Gasteiger partial charge in [-0.3, -0.25) is 4.79 Å². The minimum atomic E-state index is -1.37. The van der Waals surface area contributed by atoms with Crippen molar-refractivity contribution in [3.8, 4) is 0 Å². The summed E-state index contributed by atoms with van der Waals surface area (Å²) in [5, 5.41) is 6.11. The van der Waals surface area contributed by atoms with Crippen molar-refractivity contribution in [1.29, 1.82) is 0 Å². The number of aryl methyl sites for hydroxylation is 1. The van der Waals surface area contributed by atoms with E-state index in [1.54, 1.807) is 18.5 Å². The summed E-state index contributed by atoms with van der Waals surface area (Å²) in [5.74, 6) is 0.442. The van der Waals surface area contributed by atoms with Gasteiger partial charge in [-0.05, 0) is 30.2 Å². The second-order valence-corrected chi connectivity index (χ2v) is 8.36. The van der Waals surface area contributed by atoms with Gasteiger partial charge in [0.15, 0.2) is 0 Å². The average Bonchev–Trinajstić information content (AvgIpc) is 2.76. The molecular weight excluding hydrogens is 414 g/mol. The van der Waals surface area contributed by atoms with Gasteiger partial charge in [-0.15, -0.1) is 0 Å². The first-order valence-electron chi connectivity index (χ1n) is 9.60. The third-order valence-electron chi connectivity index (χ3n) is 4.50. The van der Waals surface area contributed by atoms with Crippen LogP contribution < -0.4 is 15.5 Å². The lowest BCUT2D eigenvalue weighted by atomic mass is 10.1. The Balaban J connectivity index is 1.78. The van der Waals surface area contributed by atoms with Gasteiger partial charge in [0.2, 0.25) is 0 Å². The van der Waals surface area contributed by atoms with E-state index in [9.17, 15) is 9.35 Å². The molecule has 0 fully saturated rings. The second kappa shape index (κ2) is 10.2. The number of benzene rings is 1. The Morgan fingerprint density at radius 3 is 2.55 bits per heavy atom. The summed E-state index contributed by atoms with van der Waals surface area (Å²) >= 11 is -1.37. The minimum Gasteiger partial charge on any atom is -0.609 e. The lowest BCUT2D eigenvalue weighted by Gasteiger charge is -2.17. The summed E-state index contributed by atoms with van der Waals surface area (Å²) in [6.45, 7) is 2.67. The lowest BCUT2D eigenvalue weighted by molar-refractivity contribution is 0.0949. The number of nitrogens with one attached hydrogen (secondary N) is 2. The van der Waals surface area contributed by atoms with Crippen molar-refractivity contribution in [3.63, 3.8) is 0 Å². The molecule has 10 heteroatoms. The van der Waals surface area contributed by atoms with E-state index in [2.05, 4.69) is 41.5 Å². The average molecular weight is 440 g/mol. The zero-order chi connectivity index (χ0) is 22.4. The highest BCUT2D eigenvalue weighted by atomic mass is 32.2. The van der Waals surface area contributed by atoms with Gasteiger partial charge in [-0.1, -0.05) is 12.1 Å². The molecule has 1 unspecified atom stereocenters. The first-order chi connectivity index (χ1) is 14.8. The highest BCUT2D eigenvalue weighted by Crippen LogP contribution is 2.21. The number of carbonyl (C=O) groups excluding carboxylic acids is 1. The van der Waals surface area contributed by atoms with Crippen LogP contribution in [0.2, 0.25) is 0 Å². The van der Waals surface area contributed by atoms with Crippen LogP contribution in [-0.2, 0) is 24.3 Å². The summed E-state index contributed by atoms with van der Waals surface area (Å²) in [6.07, 6.45) is 6.10. The number of nitrogens with zero attached hydrogens (tertiary/aromatic N) is 5. The molecule has 0 bridgehead atoms. The van der Waals surface area contributed by atoms with E-state index in [4.69, 9.17) is 0 Å². The topological polar surface area (TPSA) is 119 Å². The molecule has 1 aromatic carbocycles. The maximum absolute atomic E-state index is 12.7. The van der Waals surface area contributed by atoms with Crippen molar-refractivity contribution in [2.24, 2.45) is 0 Å². The summed E-state index contributed by atoms with van der Waals surface area (Å²) < 4.78 is 11.8. The monoisotopic (exact) mass is 439 g/mol. The number of carbonyl (C=O) groups is 1. The maximum Gasteiger partial charge on any atom is 0.344 e. The van der Waals surface area contributed by atoms with Gasteiger partial charge in [0.25, 0.3) is 5.91 Å². The van der Waals surface area contributed by atoms with E-state index < -0.39 is 11.2 Å². The Labute approximate surface area is 184 Å². The van der Waals surface area contributed by atoms with Crippen molar-refractivity contribution in [2.45, 2.75) is 25.2 Å². The quantitative estimate of drug-likeness (QED) is 0.404. The molecule has 2 N–H and O–H groups in total.